The highest BCUT2D eigenvalue weighted by atomic mass is 16.5. The summed E-state index contributed by atoms with van der Waals surface area (Å²) >= 11 is 0. The van der Waals surface area contributed by atoms with Crippen LogP contribution in [0.15, 0.2) is 29.1 Å². The fourth-order valence-corrected chi connectivity index (χ4v) is 3.10. The van der Waals surface area contributed by atoms with Gasteiger partial charge in [-0.15, -0.1) is 0 Å². The fourth-order valence-electron chi connectivity index (χ4n) is 3.10. The number of methoxy groups -OCH3 is 2. The number of nitrogens with zero attached hydrogens (tertiary/aromatic N) is 1. The zero-order valence-electron chi connectivity index (χ0n) is 14.7. The van der Waals surface area contributed by atoms with Crippen molar-refractivity contribution in [2.24, 2.45) is 0 Å². The van der Waals surface area contributed by atoms with Crippen LogP contribution in [0.1, 0.15) is 12.0 Å². The first-order valence-corrected chi connectivity index (χ1v) is 8.30. The van der Waals surface area contributed by atoms with Crippen LogP contribution >= 0.6 is 0 Å². The molecular formula is C18H21N3O5. The number of H-pyrrole nitrogens is 1. The molecule has 0 aliphatic carbocycles. The highest BCUT2D eigenvalue weighted by Crippen LogP contribution is 2.20. The zero-order valence-corrected chi connectivity index (χ0v) is 14.7. The average molecular weight is 359 g/mol. The van der Waals surface area contributed by atoms with Crippen molar-refractivity contribution in [2.45, 2.75) is 19.0 Å². The molecular weight excluding hydrogens is 338 g/mol. The number of aromatic amines is 1. The quantitative estimate of drug-likeness (QED) is 0.750. The van der Waals surface area contributed by atoms with Crippen LogP contribution < -0.4 is 15.6 Å². The van der Waals surface area contributed by atoms with Gasteiger partial charge in [0.05, 0.1) is 26.2 Å². The molecule has 1 aliphatic heterocycles. The minimum atomic E-state index is -0.651. The number of benzene rings is 1. The van der Waals surface area contributed by atoms with E-state index in [9.17, 15) is 14.4 Å². The Balaban J connectivity index is 1.88. The lowest BCUT2D eigenvalue weighted by molar-refractivity contribution is -0.146. The van der Waals surface area contributed by atoms with Crippen molar-refractivity contribution in [3.63, 3.8) is 0 Å². The maximum absolute atomic E-state index is 12.5. The topological polar surface area (TPSA) is 101 Å². The molecule has 0 radical (unpaired) electrons. The third-order valence-corrected chi connectivity index (χ3v) is 4.53. The number of carbonyl (C=O) groups is 2. The van der Waals surface area contributed by atoms with Crippen LogP contribution in [0, 0.1) is 0 Å². The smallest absolute Gasteiger partial charge is 0.307 e. The minimum Gasteiger partial charge on any atom is -0.497 e. The van der Waals surface area contributed by atoms with Crippen molar-refractivity contribution >= 4 is 22.8 Å². The zero-order chi connectivity index (χ0) is 18.7. The van der Waals surface area contributed by atoms with E-state index in [1.54, 1.807) is 19.2 Å². The van der Waals surface area contributed by atoms with Crippen LogP contribution in [-0.2, 0) is 20.9 Å². The second kappa shape index (κ2) is 7.57. The number of nitrogens with one attached hydrogen (secondary N) is 2. The molecule has 1 aliphatic rings. The van der Waals surface area contributed by atoms with Gasteiger partial charge in [-0.1, -0.05) is 0 Å². The van der Waals surface area contributed by atoms with E-state index in [-0.39, 0.29) is 24.4 Å². The van der Waals surface area contributed by atoms with Crippen LogP contribution in [-0.4, -0.2) is 55.1 Å². The van der Waals surface area contributed by atoms with Crippen LogP contribution in [0.25, 0.3) is 10.9 Å². The Morgan fingerprint density at radius 3 is 2.81 bits per heavy atom. The van der Waals surface area contributed by atoms with E-state index in [1.807, 2.05) is 17.0 Å². The van der Waals surface area contributed by atoms with Crippen molar-refractivity contribution in [3.05, 3.63) is 40.2 Å². The lowest BCUT2D eigenvalue weighted by Gasteiger charge is -2.34. The van der Waals surface area contributed by atoms with Gasteiger partial charge in [-0.05, 0) is 23.6 Å². The van der Waals surface area contributed by atoms with Gasteiger partial charge in [-0.25, -0.2) is 0 Å². The molecule has 1 fully saturated rings. The summed E-state index contributed by atoms with van der Waals surface area (Å²) in [6.07, 6.45) is -0.0506. The molecule has 1 aromatic carbocycles. The molecule has 2 aromatic rings. The monoisotopic (exact) mass is 359 g/mol. The molecule has 138 valence electrons. The van der Waals surface area contributed by atoms with Gasteiger partial charge in [0, 0.05) is 31.3 Å². The molecule has 2 N–H and O–H groups in total. The lowest BCUT2D eigenvalue weighted by Crippen LogP contribution is -2.55. The number of hydrogen-bond acceptors (Lipinski definition) is 6. The van der Waals surface area contributed by atoms with Crippen LogP contribution in [0.3, 0.4) is 0 Å². The molecule has 0 saturated carbocycles. The standard InChI is InChI=1S/C18H21N3O5/c1-25-13-4-3-11-7-12(17(23)20-14(11)8-13)10-21-6-5-19-18(24)15(21)9-16(22)26-2/h3-4,7-8,15H,5-6,9-10H2,1-2H3,(H,19,24)(H,20,23). The summed E-state index contributed by atoms with van der Waals surface area (Å²) in [4.78, 5) is 40.9. The number of carbonyl (C=O) groups excluding carboxylic acids is 2. The second-order valence-corrected chi connectivity index (χ2v) is 6.13. The molecule has 26 heavy (non-hydrogen) atoms. The summed E-state index contributed by atoms with van der Waals surface area (Å²) in [6.45, 7) is 1.29. The van der Waals surface area contributed by atoms with E-state index in [4.69, 9.17) is 4.74 Å². The number of ether oxygens (including phenoxy) is 2. The van der Waals surface area contributed by atoms with Gasteiger partial charge in [0.15, 0.2) is 0 Å². The van der Waals surface area contributed by atoms with Crippen molar-refractivity contribution in [1.82, 2.24) is 15.2 Å². The van der Waals surface area contributed by atoms with Gasteiger partial charge in [0.1, 0.15) is 11.8 Å². The van der Waals surface area contributed by atoms with E-state index < -0.39 is 12.0 Å². The SMILES string of the molecule is COC(=O)CC1C(=O)NCCN1Cc1cc2ccc(OC)cc2[nH]c1=O. The van der Waals surface area contributed by atoms with Crippen molar-refractivity contribution in [2.75, 3.05) is 27.3 Å². The minimum absolute atomic E-state index is 0.0506. The number of fused-ring (bicyclic) bond motifs is 1. The molecule has 1 unspecified atom stereocenters. The van der Waals surface area contributed by atoms with Gasteiger partial charge in [-0.3, -0.25) is 19.3 Å². The highest BCUT2D eigenvalue weighted by Gasteiger charge is 2.32. The van der Waals surface area contributed by atoms with E-state index >= 15 is 0 Å². The molecule has 2 heterocycles. The van der Waals surface area contributed by atoms with Crippen LogP contribution in [0.2, 0.25) is 0 Å². The first-order valence-electron chi connectivity index (χ1n) is 8.30. The largest absolute Gasteiger partial charge is 0.497 e. The summed E-state index contributed by atoms with van der Waals surface area (Å²) in [7, 11) is 2.85. The Morgan fingerprint density at radius 2 is 2.08 bits per heavy atom. The number of piperazine rings is 1. The number of aromatic nitrogens is 1. The second-order valence-electron chi connectivity index (χ2n) is 6.13. The van der Waals surface area contributed by atoms with Gasteiger partial charge >= 0.3 is 5.97 Å². The summed E-state index contributed by atoms with van der Waals surface area (Å²) in [5.41, 5.74) is 0.987. The summed E-state index contributed by atoms with van der Waals surface area (Å²) < 4.78 is 9.85. The van der Waals surface area contributed by atoms with Crippen molar-refractivity contribution in [3.8, 4) is 5.75 Å². The van der Waals surface area contributed by atoms with E-state index in [1.165, 1.54) is 7.11 Å². The van der Waals surface area contributed by atoms with Crippen molar-refractivity contribution in [1.29, 1.82) is 0 Å². The van der Waals surface area contributed by atoms with Crippen LogP contribution in [0.4, 0.5) is 0 Å². The number of esters is 1. The summed E-state index contributed by atoms with van der Waals surface area (Å²) in [5.74, 6) is -0.0353. The third kappa shape index (κ3) is 3.70. The first kappa shape index (κ1) is 17.9. The molecule has 3 rings (SSSR count). The Bertz CT molecular complexity index is 892. The molecule has 1 atom stereocenters. The number of pyridine rings is 1. The Morgan fingerprint density at radius 1 is 1.27 bits per heavy atom. The molecule has 8 heteroatoms. The van der Waals surface area contributed by atoms with Gasteiger partial charge in [0.25, 0.3) is 5.56 Å². The van der Waals surface area contributed by atoms with Gasteiger partial charge in [-0.2, -0.15) is 0 Å². The van der Waals surface area contributed by atoms with E-state index in [2.05, 4.69) is 15.0 Å². The third-order valence-electron chi connectivity index (χ3n) is 4.53. The molecule has 1 amide bonds. The average Bonchev–Trinajstić information content (AvgIpc) is 2.64. The molecule has 0 bridgehead atoms. The maximum atomic E-state index is 12.5. The predicted molar refractivity (Wildman–Crippen MR) is 95.0 cm³/mol. The highest BCUT2D eigenvalue weighted by molar-refractivity contribution is 5.87. The summed E-state index contributed by atoms with van der Waals surface area (Å²) in [5, 5.41) is 3.61. The molecule has 1 aromatic heterocycles. The summed E-state index contributed by atoms with van der Waals surface area (Å²) in [6, 6.07) is 6.59. The Labute approximate surface area is 150 Å². The number of rotatable bonds is 5. The fraction of sp³-hybridized carbons (Fsp3) is 0.389. The van der Waals surface area contributed by atoms with Crippen LogP contribution in [0.5, 0.6) is 5.75 Å². The normalized spacial score (nSPS) is 17.8. The molecule has 8 nitrogen and oxygen atoms in total. The van der Waals surface area contributed by atoms with E-state index in [0.29, 0.717) is 29.9 Å². The lowest BCUT2D eigenvalue weighted by atomic mass is 10.1. The number of hydrogen-bond donors (Lipinski definition) is 2. The van der Waals surface area contributed by atoms with Crippen molar-refractivity contribution < 1.29 is 19.1 Å². The van der Waals surface area contributed by atoms with Gasteiger partial charge in [0.2, 0.25) is 5.91 Å². The molecule has 1 saturated heterocycles. The van der Waals surface area contributed by atoms with E-state index in [0.717, 1.165) is 5.39 Å². The maximum Gasteiger partial charge on any atom is 0.307 e. The Hall–Kier alpha value is -2.87. The number of amides is 1. The molecule has 0 spiro atoms. The first-order chi connectivity index (χ1) is 12.5. The Kier molecular flexibility index (Phi) is 5.22. The predicted octanol–water partition coefficient (Wildman–Crippen LogP) is 0.400. The van der Waals surface area contributed by atoms with Gasteiger partial charge < -0.3 is 19.8 Å².